The first kappa shape index (κ1) is 48.8. The van der Waals surface area contributed by atoms with Crippen LogP contribution in [0, 0.1) is 0 Å². The van der Waals surface area contributed by atoms with Gasteiger partial charge in [0.2, 0.25) is 0 Å². The molecule has 0 spiro atoms. The summed E-state index contributed by atoms with van der Waals surface area (Å²) in [6.07, 6.45) is 3.99. The average molecular weight is 973 g/mol. The van der Waals surface area contributed by atoms with Crippen molar-refractivity contribution in [3.05, 3.63) is 234 Å². The number of hydrogen-bond donors (Lipinski definition) is 4. The largest absolute Gasteiger partial charge is 0.507 e. The van der Waals surface area contributed by atoms with Gasteiger partial charge in [-0.2, -0.15) is 0 Å². The second-order valence-electron chi connectivity index (χ2n) is 19.3. The van der Waals surface area contributed by atoms with E-state index < -0.39 is 0 Å². The molecule has 372 valence electrons. The minimum absolute atomic E-state index is 0.228. The van der Waals surface area contributed by atoms with Crippen LogP contribution in [0.5, 0.6) is 46.0 Å². The van der Waals surface area contributed by atoms with Crippen molar-refractivity contribution in [2.45, 2.75) is 85.5 Å². The van der Waals surface area contributed by atoms with Crippen molar-refractivity contribution in [3.8, 4) is 46.0 Å². The highest BCUT2D eigenvalue weighted by atomic mass is 16.5. The minimum Gasteiger partial charge on any atom is -0.507 e. The smallest absolute Gasteiger partial charge is 0.126 e. The Hall–Kier alpha value is -7.84. The Morgan fingerprint density at radius 2 is 0.452 bits per heavy atom. The molecule has 0 fully saturated rings. The van der Waals surface area contributed by atoms with E-state index in [9.17, 15) is 20.4 Å². The van der Waals surface area contributed by atoms with Gasteiger partial charge in [0.15, 0.2) is 0 Å². The normalized spacial score (nSPS) is 13.0. The second kappa shape index (κ2) is 21.5. The lowest BCUT2D eigenvalue weighted by molar-refractivity contribution is 0.333. The summed E-state index contributed by atoms with van der Waals surface area (Å²) in [6.45, 7) is 9.75. The van der Waals surface area contributed by atoms with E-state index in [4.69, 9.17) is 18.9 Å². The zero-order valence-electron chi connectivity index (χ0n) is 42.3. The number of ether oxygens (including phenoxy) is 4. The zero-order valence-corrected chi connectivity index (χ0v) is 42.3. The van der Waals surface area contributed by atoms with Gasteiger partial charge in [-0.3, -0.25) is 0 Å². The summed E-state index contributed by atoms with van der Waals surface area (Å²) in [5.41, 5.74) is 15.9. The molecule has 8 aromatic rings. The van der Waals surface area contributed by atoms with Gasteiger partial charge in [0.05, 0.1) is 26.4 Å². The van der Waals surface area contributed by atoms with Gasteiger partial charge in [0.1, 0.15) is 46.0 Å². The van der Waals surface area contributed by atoms with E-state index >= 15 is 0 Å². The summed E-state index contributed by atoms with van der Waals surface area (Å²) < 4.78 is 25.8. The Bertz CT molecular complexity index is 2910. The van der Waals surface area contributed by atoms with E-state index in [-0.39, 0.29) is 23.0 Å². The SMILES string of the molecule is CCOc1c2cccc1Cc1cc(Cc3cc4c(O)c(c3)Cc3cccc(c3OCC)Cc3cccc(c3O)Cc3cccc(c3OCC)C4)cc(c1O)Cc1cccc(c1OCC)Cc1cccc(c1O)C2. The van der Waals surface area contributed by atoms with Gasteiger partial charge in [-0.05, 0) is 134 Å². The Morgan fingerprint density at radius 1 is 0.274 bits per heavy atom. The monoisotopic (exact) mass is 972 g/mol. The van der Waals surface area contributed by atoms with Gasteiger partial charge in [-0.1, -0.05) is 133 Å². The van der Waals surface area contributed by atoms with E-state index in [2.05, 4.69) is 72.8 Å². The number of para-hydroxylation sites is 6. The summed E-state index contributed by atoms with van der Waals surface area (Å²) in [7, 11) is 0. The first-order valence-corrected chi connectivity index (χ1v) is 25.8. The van der Waals surface area contributed by atoms with Crippen LogP contribution >= 0.6 is 0 Å². The lowest BCUT2D eigenvalue weighted by Crippen LogP contribution is -2.07. The van der Waals surface area contributed by atoms with Crippen LogP contribution in [0.3, 0.4) is 0 Å². The van der Waals surface area contributed by atoms with Gasteiger partial charge in [0, 0.05) is 51.4 Å². The number of aromatic hydroxyl groups is 4. The van der Waals surface area contributed by atoms with Gasteiger partial charge < -0.3 is 39.4 Å². The molecule has 0 saturated carbocycles. The molecule has 2 aliphatic carbocycles. The predicted octanol–water partition coefficient (Wildman–Crippen LogP) is 13.0. The van der Waals surface area contributed by atoms with Crippen molar-refractivity contribution in [1.29, 1.82) is 0 Å². The molecule has 8 nitrogen and oxygen atoms in total. The number of phenols is 4. The zero-order chi connectivity index (χ0) is 50.6. The molecule has 0 heterocycles. The maximum absolute atomic E-state index is 12.5. The lowest BCUT2D eigenvalue weighted by Gasteiger charge is -2.21. The molecule has 0 aromatic heterocycles. The maximum Gasteiger partial charge on any atom is 0.126 e. The van der Waals surface area contributed by atoms with Gasteiger partial charge in [-0.15, -0.1) is 0 Å². The molecule has 0 atom stereocenters. The van der Waals surface area contributed by atoms with Crippen LogP contribution < -0.4 is 18.9 Å². The Morgan fingerprint density at radius 3 is 0.658 bits per heavy atom. The summed E-state index contributed by atoms with van der Waals surface area (Å²) in [5.74, 6) is 4.02. The first-order valence-electron chi connectivity index (χ1n) is 25.8. The highest BCUT2D eigenvalue weighted by molar-refractivity contribution is 5.59. The number of fused-ring (bicyclic) bond motifs is 16. The van der Waals surface area contributed by atoms with E-state index in [1.54, 1.807) is 0 Å². The fourth-order valence-electron chi connectivity index (χ4n) is 11.1. The van der Waals surface area contributed by atoms with E-state index in [1.165, 1.54) is 0 Å². The minimum atomic E-state index is 0.228. The van der Waals surface area contributed by atoms with Crippen molar-refractivity contribution in [3.63, 3.8) is 0 Å². The molecule has 0 saturated heterocycles. The third-order valence-corrected chi connectivity index (χ3v) is 14.4. The molecule has 16 bridgehead atoms. The van der Waals surface area contributed by atoms with Crippen LogP contribution in [0.15, 0.2) is 133 Å². The standard InChI is InChI=1S/C65H64O8/c1-5-70-62-46-19-11-23-50(62)36-54-28-40(29-55(60(54)68)37-51-24-12-20-47(63(51)71-6-2)33-43-16-9-15-42(32-46)58(43)66)27-41-30-56-38-52-25-13-21-48(64(52)72-7-3)34-44-17-10-18-45(59(44)67)35-49-22-14-26-53(65(49)73-8-4)39-57(31-41)61(56)69/h9-26,28-31,66-69H,5-8,27,32-39H2,1-4H3. The van der Waals surface area contributed by atoms with Crippen molar-refractivity contribution in [2.75, 3.05) is 26.4 Å². The Kier molecular flexibility index (Phi) is 14.4. The van der Waals surface area contributed by atoms with Gasteiger partial charge in [-0.25, -0.2) is 0 Å². The third kappa shape index (κ3) is 10.2. The molecule has 10 rings (SSSR count). The topological polar surface area (TPSA) is 118 Å². The molecule has 4 N–H and O–H groups in total. The fraction of sp³-hybridized carbons (Fsp3) is 0.262. The Labute approximate surface area is 429 Å². The lowest BCUT2D eigenvalue weighted by atomic mass is 9.88. The highest BCUT2D eigenvalue weighted by Gasteiger charge is 2.24. The van der Waals surface area contributed by atoms with Crippen LogP contribution in [-0.4, -0.2) is 46.9 Å². The number of rotatable bonds is 10. The molecular weight excluding hydrogens is 909 g/mol. The van der Waals surface area contributed by atoms with Crippen molar-refractivity contribution in [2.24, 2.45) is 0 Å². The third-order valence-electron chi connectivity index (χ3n) is 14.4. The van der Waals surface area contributed by atoms with Crippen LogP contribution in [0.25, 0.3) is 0 Å². The molecule has 2 aliphatic rings. The van der Waals surface area contributed by atoms with Crippen LogP contribution in [0.4, 0.5) is 0 Å². The fourth-order valence-corrected chi connectivity index (χ4v) is 11.1. The molecule has 0 unspecified atom stereocenters. The number of phenolic OH excluding ortho intramolecular Hbond substituents is 4. The number of hydrogen-bond acceptors (Lipinski definition) is 8. The molecule has 0 amide bonds. The van der Waals surface area contributed by atoms with Crippen molar-refractivity contribution in [1.82, 2.24) is 0 Å². The average Bonchev–Trinajstić information content (AvgIpc) is 3.37. The summed E-state index contributed by atoms with van der Waals surface area (Å²) in [5, 5.41) is 48.4. The van der Waals surface area contributed by atoms with Crippen LogP contribution in [0.2, 0.25) is 0 Å². The molecule has 0 aliphatic heterocycles. The van der Waals surface area contributed by atoms with Crippen molar-refractivity contribution < 1.29 is 39.4 Å². The molecule has 8 heteroatoms. The summed E-state index contributed by atoms with van der Waals surface area (Å²) in [6, 6.07) is 45.0. The Balaban J connectivity index is 1.13. The quantitative estimate of drug-likeness (QED) is 0.107. The van der Waals surface area contributed by atoms with Crippen LogP contribution in [-0.2, 0) is 57.8 Å². The summed E-state index contributed by atoms with van der Waals surface area (Å²) in [4.78, 5) is 0. The first-order chi connectivity index (χ1) is 35.6. The predicted molar refractivity (Wildman–Crippen MR) is 288 cm³/mol. The van der Waals surface area contributed by atoms with E-state index in [0.29, 0.717) is 84.2 Å². The molecule has 8 aromatic carbocycles. The van der Waals surface area contributed by atoms with E-state index in [0.717, 1.165) is 123 Å². The van der Waals surface area contributed by atoms with Crippen LogP contribution in [0.1, 0.15) is 128 Å². The van der Waals surface area contributed by atoms with Gasteiger partial charge in [0.25, 0.3) is 0 Å². The van der Waals surface area contributed by atoms with E-state index in [1.807, 2.05) is 88.4 Å². The van der Waals surface area contributed by atoms with Crippen molar-refractivity contribution >= 4 is 0 Å². The molecule has 73 heavy (non-hydrogen) atoms. The van der Waals surface area contributed by atoms with Gasteiger partial charge >= 0.3 is 0 Å². The molecular formula is C65H64O8. The second-order valence-corrected chi connectivity index (χ2v) is 19.3. The highest BCUT2D eigenvalue weighted by Crippen LogP contribution is 2.42. The maximum atomic E-state index is 12.5. The summed E-state index contributed by atoms with van der Waals surface area (Å²) >= 11 is 0. The molecule has 0 radical (unpaired) electrons. The number of benzene rings is 8.